The third-order valence-corrected chi connectivity index (χ3v) is 3.72. The molecule has 1 N–H and O–H groups in total. The highest BCUT2D eigenvalue weighted by molar-refractivity contribution is 6.30. The summed E-state index contributed by atoms with van der Waals surface area (Å²) in [6.07, 6.45) is 2.56. The van der Waals surface area contributed by atoms with E-state index in [1.165, 1.54) is 6.20 Å². The minimum absolute atomic E-state index is 0.0417. The van der Waals surface area contributed by atoms with Crippen molar-refractivity contribution in [2.45, 2.75) is 18.9 Å². The number of hydrogen-bond acceptors (Lipinski definition) is 5. The quantitative estimate of drug-likeness (QED) is 0.646. The van der Waals surface area contributed by atoms with Gasteiger partial charge in [0.15, 0.2) is 11.0 Å². The van der Waals surface area contributed by atoms with Gasteiger partial charge in [-0.1, -0.05) is 11.6 Å². The number of anilines is 1. The van der Waals surface area contributed by atoms with Crippen LogP contribution in [0.15, 0.2) is 6.20 Å². The number of halogens is 3. The zero-order valence-electron chi connectivity index (χ0n) is 10.4. The van der Waals surface area contributed by atoms with Crippen molar-refractivity contribution in [1.29, 1.82) is 0 Å². The molecule has 1 unspecified atom stereocenters. The van der Waals surface area contributed by atoms with Crippen LogP contribution in [-0.2, 0) is 0 Å². The highest BCUT2D eigenvalue weighted by atomic mass is 35.5. The minimum Gasteiger partial charge on any atom is -0.391 e. The number of nitrogens with zero attached hydrogens (tertiary/aromatic N) is 4. The lowest BCUT2D eigenvalue weighted by Gasteiger charge is -2.31. The molecule has 0 aromatic carbocycles. The number of β-amino-alcohol motifs (C(OH)–C–C–N with tert-alkyl or cyclic N) is 1. The van der Waals surface area contributed by atoms with Crippen LogP contribution in [0.25, 0.3) is 10.9 Å². The van der Waals surface area contributed by atoms with Gasteiger partial charge in [0.1, 0.15) is 11.3 Å². The van der Waals surface area contributed by atoms with Crippen molar-refractivity contribution >= 4 is 39.9 Å². The number of fused-ring (bicyclic) bond motifs is 1. The van der Waals surface area contributed by atoms with E-state index >= 15 is 0 Å². The van der Waals surface area contributed by atoms with Gasteiger partial charge >= 0.3 is 0 Å². The molecule has 2 aromatic heterocycles. The highest BCUT2D eigenvalue weighted by Gasteiger charge is 2.23. The van der Waals surface area contributed by atoms with Gasteiger partial charge in [-0.25, -0.2) is 14.4 Å². The Morgan fingerprint density at radius 2 is 2.15 bits per heavy atom. The van der Waals surface area contributed by atoms with Crippen LogP contribution in [0.4, 0.5) is 10.2 Å². The molecule has 1 fully saturated rings. The van der Waals surface area contributed by atoms with Crippen LogP contribution in [0, 0.1) is 5.82 Å². The second-order valence-electron chi connectivity index (χ2n) is 4.68. The van der Waals surface area contributed by atoms with Crippen LogP contribution in [0.2, 0.25) is 10.4 Å². The van der Waals surface area contributed by atoms with Crippen molar-refractivity contribution in [2.75, 3.05) is 18.0 Å². The summed E-state index contributed by atoms with van der Waals surface area (Å²) in [5.74, 6) is -0.242. The van der Waals surface area contributed by atoms with Gasteiger partial charge in [-0.3, -0.25) is 0 Å². The molecule has 0 spiro atoms. The zero-order valence-corrected chi connectivity index (χ0v) is 11.9. The van der Waals surface area contributed by atoms with E-state index in [0.717, 1.165) is 12.8 Å². The van der Waals surface area contributed by atoms with Gasteiger partial charge in [0.25, 0.3) is 0 Å². The average Bonchev–Trinajstić information content (AvgIpc) is 2.43. The van der Waals surface area contributed by atoms with Gasteiger partial charge in [0.05, 0.1) is 11.5 Å². The van der Waals surface area contributed by atoms with E-state index in [4.69, 9.17) is 23.2 Å². The molecule has 0 aliphatic carbocycles. The lowest BCUT2D eigenvalue weighted by atomic mass is 10.1. The van der Waals surface area contributed by atoms with Crippen molar-refractivity contribution in [2.24, 2.45) is 0 Å². The van der Waals surface area contributed by atoms with Gasteiger partial charge in [0.2, 0.25) is 5.28 Å². The normalized spacial score (nSPS) is 19.6. The number of aliphatic hydroxyl groups is 1. The summed E-state index contributed by atoms with van der Waals surface area (Å²) in [5, 5.41) is 9.87. The summed E-state index contributed by atoms with van der Waals surface area (Å²) >= 11 is 11.5. The molecule has 0 saturated carbocycles. The molecule has 106 valence electrons. The monoisotopic (exact) mass is 316 g/mol. The molecule has 5 nitrogen and oxygen atoms in total. The maximum atomic E-state index is 14.0. The Hall–Kier alpha value is -1.24. The molecule has 1 aliphatic rings. The molecule has 20 heavy (non-hydrogen) atoms. The van der Waals surface area contributed by atoms with Crippen LogP contribution in [0.3, 0.4) is 0 Å². The minimum atomic E-state index is -0.715. The number of rotatable bonds is 1. The summed E-state index contributed by atoms with van der Waals surface area (Å²) in [4.78, 5) is 13.7. The fourth-order valence-electron chi connectivity index (χ4n) is 2.38. The maximum absolute atomic E-state index is 14.0. The predicted molar refractivity (Wildman–Crippen MR) is 74.8 cm³/mol. The fourth-order valence-corrected chi connectivity index (χ4v) is 2.68. The van der Waals surface area contributed by atoms with Crippen LogP contribution in [-0.4, -0.2) is 39.3 Å². The Morgan fingerprint density at radius 3 is 2.90 bits per heavy atom. The van der Waals surface area contributed by atoms with Crippen molar-refractivity contribution < 1.29 is 9.50 Å². The van der Waals surface area contributed by atoms with Gasteiger partial charge in [0, 0.05) is 19.3 Å². The first-order valence-electron chi connectivity index (χ1n) is 6.16. The molecule has 1 aliphatic heterocycles. The van der Waals surface area contributed by atoms with E-state index < -0.39 is 11.9 Å². The molecular formula is C12H11Cl2FN4O. The van der Waals surface area contributed by atoms with Crippen molar-refractivity contribution in [3.05, 3.63) is 22.5 Å². The van der Waals surface area contributed by atoms with E-state index in [2.05, 4.69) is 15.0 Å². The first-order valence-corrected chi connectivity index (χ1v) is 6.92. The second-order valence-corrected chi connectivity index (χ2v) is 5.38. The summed E-state index contributed by atoms with van der Waals surface area (Å²) in [6.45, 7) is 1.14. The third-order valence-electron chi connectivity index (χ3n) is 3.29. The molecule has 0 amide bonds. The summed E-state index contributed by atoms with van der Waals surface area (Å²) < 4.78 is 14.0. The first kappa shape index (κ1) is 13.7. The van der Waals surface area contributed by atoms with Gasteiger partial charge in [-0.2, -0.15) is 4.98 Å². The summed E-state index contributed by atoms with van der Waals surface area (Å²) in [5.41, 5.74) is 0.0417. The Bertz CT molecular complexity index is 669. The third kappa shape index (κ3) is 2.39. The van der Waals surface area contributed by atoms with Crippen LogP contribution < -0.4 is 4.90 Å². The molecule has 8 heteroatoms. The van der Waals surface area contributed by atoms with E-state index in [9.17, 15) is 9.50 Å². The van der Waals surface area contributed by atoms with E-state index in [1.54, 1.807) is 0 Å². The SMILES string of the molecule is OC1CCCN(c2nc(Cl)nc3c(F)c(Cl)ncc23)C1. The summed E-state index contributed by atoms with van der Waals surface area (Å²) in [7, 11) is 0. The van der Waals surface area contributed by atoms with Gasteiger partial charge in [-0.05, 0) is 24.4 Å². The highest BCUT2D eigenvalue weighted by Crippen LogP contribution is 2.30. The van der Waals surface area contributed by atoms with Gasteiger partial charge in [-0.15, -0.1) is 0 Å². The number of aromatic nitrogens is 3. The lowest BCUT2D eigenvalue weighted by Crippen LogP contribution is -2.38. The van der Waals surface area contributed by atoms with Crippen LogP contribution >= 0.6 is 23.2 Å². The zero-order chi connectivity index (χ0) is 14.3. The average molecular weight is 317 g/mol. The van der Waals surface area contributed by atoms with Crippen LogP contribution in [0.1, 0.15) is 12.8 Å². The van der Waals surface area contributed by atoms with E-state index in [0.29, 0.717) is 24.3 Å². The first-order chi connectivity index (χ1) is 9.56. The molecule has 1 atom stereocenters. The molecular weight excluding hydrogens is 306 g/mol. The smallest absolute Gasteiger partial charge is 0.225 e. The Kier molecular flexibility index (Phi) is 3.62. The topological polar surface area (TPSA) is 62.1 Å². The maximum Gasteiger partial charge on any atom is 0.225 e. The largest absolute Gasteiger partial charge is 0.391 e. The molecule has 2 aromatic rings. The number of pyridine rings is 1. The Balaban J connectivity index is 2.17. The van der Waals surface area contributed by atoms with E-state index in [-0.39, 0.29) is 16.0 Å². The molecule has 3 rings (SSSR count). The Morgan fingerprint density at radius 1 is 1.35 bits per heavy atom. The standard InChI is InChI=1S/C12H11Cl2FN4O/c13-10-8(15)9-7(4-16-10)11(18-12(14)17-9)19-3-1-2-6(20)5-19/h4,6,20H,1-3,5H2. The summed E-state index contributed by atoms with van der Waals surface area (Å²) in [6, 6.07) is 0. The Labute approximate surface area is 124 Å². The molecule has 1 saturated heterocycles. The van der Waals surface area contributed by atoms with Gasteiger partial charge < -0.3 is 10.0 Å². The number of hydrogen-bond donors (Lipinski definition) is 1. The molecule has 0 bridgehead atoms. The molecule has 3 heterocycles. The fraction of sp³-hybridized carbons (Fsp3) is 0.417. The molecule has 0 radical (unpaired) electrons. The van der Waals surface area contributed by atoms with Crippen LogP contribution in [0.5, 0.6) is 0 Å². The number of aliphatic hydroxyl groups excluding tert-OH is 1. The van der Waals surface area contributed by atoms with Crippen molar-refractivity contribution in [1.82, 2.24) is 15.0 Å². The van der Waals surface area contributed by atoms with Crippen molar-refractivity contribution in [3.8, 4) is 0 Å². The lowest BCUT2D eigenvalue weighted by molar-refractivity contribution is 0.154. The number of piperidine rings is 1. The second kappa shape index (κ2) is 5.27. The van der Waals surface area contributed by atoms with Crippen molar-refractivity contribution in [3.63, 3.8) is 0 Å². The predicted octanol–water partition coefficient (Wildman–Crippen LogP) is 2.43. The van der Waals surface area contributed by atoms with E-state index in [1.807, 2.05) is 4.90 Å².